The molecule has 0 aliphatic carbocycles. The summed E-state index contributed by atoms with van der Waals surface area (Å²) in [4.78, 5) is 38.5. The van der Waals surface area contributed by atoms with Crippen LogP contribution in [-0.4, -0.2) is 58.9 Å². The van der Waals surface area contributed by atoms with Gasteiger partial charge in [-0.05, 0) is 24.1 Å². The highest BCUT2D eigenvalue weighted by atomic mass is 35.5. The predicted octanol–water partition coefficient (Wildman–Crippen LogP) is 2.26. The number of piperazine rings is 1. The van der Waals surface area contributed by atoms with E-state index in [-0.39, 0.29) is 41.2 Å². The van der Waals surface area contributed by atoms with E-state index in [0.29, 0.717) is 26.2 Å². The van der Waals surface area contributed by atoms with Crippen LogP contribution in [-0.2, 0) is 9.59 Å². The second kappa shape index (κ2) is 8.29. The summed E-state index contributed by atoms with van der Waals surface area (Å²) < 4.78 is 13.1. The monoisotopic (exact) mass is 370 g/mol. The normalized spacial score (nSPS) is 15.8. The maximum Gasteiger partial charge on any atom is 0.303 e. The molecule has 1 aliphatic heterocycles. The van der Waals surface area contributed by atoms with Gasteiger partial charge in [-0.25, -0.2) is 4.39 Å². The molecule has 2 rings (SSSR count). The zero-order valence-corrected chi connectivity index (χ0v) is 14.6. The molecule has 1 saturated heterocycles. The van der Waals surface area contributed by atoms with Crippen LogP contribution < -0.4 is 0 Å². The number of nitrogens with zero attached hydrogens (tertiary/aromatic N) is 2. The van der Waals surface area contributed by atoms with Crippen molar-refractivity contribution in [3.05, 3.63) is 34.6 Å². The van der Waals surface area contributed by atoms with Gasteiger partial charge in [0.05, 0.1) is 10.6 Å². The lowest BCUT2D eigenvalue weighted by Gasteiger charge is -2.35. The van der Waals surface area contributed by atoms with Crippen LogP contribution in [0.3, 0.4) is 0 Å². The van der Waals surface area contributed by atoms with Gasteiger partial charge in [-0.15, -0.1) is 0 Å². The Morgan fingerprint density at radius 3 is 2.32 bits per heavy atom. The Balaban J connectivity index is 1.89. The van der Waals surface area contributed by atoms with Crippen molar-refractivity contribution in [1.82, 2.24) is 9.80 Å². The minimum atomic E-state index is -0.924. The third-order valence-corrected chi connectivity index (χ3v) is 4.44. The maximum absolute atomic E-state index is 13.1. The second-order valence-electron chi connectivity index (χ2n) is 6.20. The van der Waals surface area contributed by atoms with Crippen LogP contribution >= 0.6 is 11.6 Å². The smallest absolute Gasteiger partial charge is 0.303 e. The summed E-state index contributed by atoms with van der Waals surface area (Å²) >= 11 is 5.92. The van der Waals surface area contributed by atoms with Gasteiger partial charge in [0.25, 0.3) is 5.91 Å². The van der Waals surface area contributed by atoms with E-state index in [0.717, 1.165) is 6.07 Å². The fourth-order valence-electron chi connectivity index (χ4n) is 2.79. The Hall–Kier alpha value is -2.15. The highest BCUT2D eigenvalue weighted by Crippen LogP contribution is 2.20. The number of carboxylic acid groups (broad SMARTS) is 1. The number of carbonyl (C=O) groups is 3. The van der Waals surface area contributed by atoms with Crippen molar-refractivity contribution in [2.75, 3.05) is 26.2 Å². The SMILES string of the molecule is CC(CC(=O)O)CC(=O)N1CCN(C(=O)c2ccc(F)cc2Cl)CC1. The lowest BCUT2D eigenvalue weighted by molar-refractivity contribution is -0.138. The third-order valence-electron chi connectivity index (χ3n) is 4.13. The minimum absolute atomic E-state index is 0.0484. The summed E-state index contributed by atoms with van der Waals surface area (Å²) in [7, 11) is 0. The van der Waals surface area contributed by atoms with Gasteiger partial charge < -0.3 is 14.9 Å². The van der Waals surface area contributed by atoms with Crippen molar-refractivity contribution in [3.63, 3.8) is 0 Å². The second-order valence-corrected chi connectivity index (χ2v) is 6.61. The van der Waals surface area contributed by atoms with Crippen molar-refractivity contribution in [2.24, 2.45) is 5.92 Å². The molecule has 0 aromatic heterocycles. The first-order chi connectivity index (χ1) is 11.8. The Bertz CT molecular complexity index is 675. The number of hydrogen-bond acceptors (Lipinski definition) is 3. The number of aliphatic carboxylic acids is 1. The van der Waals surface area contributed by atoms with Crippen LogP contribution in [0.1, 0.15) is 30.1 Å². The molecule has 0 radical (unpaired) electrons. The van der Waals surface area contributed by atoms with Gasteiger partial charge >= 0.3 is 5.97 Å². The fraction of sp³-hybridized carbons (Fsp3) is 0.471. The van der Waals surface area contributed by atoms with Crippen molar-refractivity contribution in [2.45, 2.75) is 19.8 Å². The highest BCUT2D eigenvalue weighted by molar-refractivity contribution is 6.33. The average Bonchev–Trinajstić information content (AvgIpc) is 2.53. The number of halogens is 2. The van der Waals surface area contributed by atoms with Crippen molar-refractivity contribution < 1.29 is 23.9 Å². The summed E-state index contributed by atoms with van der Waals surface area (Å²) in [6.45, 7) is 3.19. The van der Waals surface area contributed by atoms with E-state index in [1.54, 1.807) is 16.7 Å². The standard InChI is InChI=1S/C17H20ClFN2O4/c1-11(9-16(23)24)8-15(22)20-4-6-21(7-5-20)17(25)13-3-2-12(19)10-14(13)18/h2-3,10-11H,4-9H2,1H3,(H,23,24). The molecule has 0 bridgehead atoms. The highest BCUT2D eigenvalue weighted by Gasteiger charge is 2.26. The van der Waals surface area contributed by atoms with Gasteiger partial charge in [0, 0.05) is 39.0 Å². The number of benzene rings is 1. The maximum atomic E-state index is 13.1. The molecule has 1 N–H and O–H groups in total. The van der Waals surface area contributed by atoms with Crippen LogP contribution in [0, 0.1) is 11.7 Å². The van der Waals surface area contributed by atoms with Gasteiger partial charge in [-0.3, -0.25) is 14.4 Å². The summed E-state index contributed by atoms with van der Waals surface area (Å²) in [6, 6.07) is 3.63. The molecule has 136 valence electrons. The summed E-state index contributed by atoms with van der Waals surface area (Å²) in [5, 5.41) is 8.81. The van der Waals surface area contributed by atoms with Gasteiger partial charge in [-0.2, -0.15) is 0 Å². The number of carbonyl (C=O) groups excluding carboxylic acids is 2. The Morgan fingerprint density at radius 2 is 1.76 bits per heavy atom. The number of amides is 2. The lowest BCUT2D eigenvalue weighted by atomic mass is 10.0. The van der Waals surface area contributed by atoms with Crippen molar-refractivity contribution in [3.8, 4) is 0 Å². The summed E-state index contributed by atoms with van der Waals surface area (Å²) in [5.74, 6) is -2.07. The quantitative estimate of drug-likeness (QED) is 0.862. The number of carboxylic acids is 1. The largest absolute Gasteiger partial charge is 0.481 e. The van der Waals surface area contributed by atoms with Crippen LogP contribution in [0.5, 0.6) is 0 Å². The van der Waals surface area contributed by atoms with E-state index < -0.39 is 11.8 Å². The van der Waals surface area contributed by atoms with Crippen LogP contribution in [0.15, 0.2) is 18.2 Å². The van der Waals surface area contributed by atoms with E-state index in [4.69, 9.17) is 16.7 Å². The van der Waals surface area contributed by atoms with E-state index >= 15 is 0 Å². The molecular weight excluding hydrogens is 351 g/mol. The molecule has 6 nitrogen and oxygen atoms in total. The predicted molar refractivity (Wildman–Crippen MR) is 89.9 cm³/mol. The molecular formula is C17H20ClFN2O4. The van der Waals surface area contributed by atoms with Crippen molar-refractivity contribution in [1.29, 1.82) is 0 Å². The average molecular weight is 371 g/mol. The minimum Gasteiger partial charge on any atom is -0.481 e. The molecule has 0 spiro atoms. The first kappa shape index (κ1) is 19.2. The molecule has 1 heterocycles. The van der Waals surface area contributed by atoms with E-state index in [9.17, 15) is 18.8 Å². The third kappa shape index (κ3) is 5.16. The molecule has 0 saturated carbocycles. The molecule has 1 unspecified atom stereocenters. The number of hydrogen-bond donors (Lipinski definition) is 1. The first-order valence-electron chi connectivity index (χ1n) is 8.02. The van der Waals surface area contributed by atoms with E-state index in [2.05, 4.69) is 0 Å². The molecule has 8 heteroatoms. The molecule has 25 heavy (non-hydrogen) atoms. The van der Waals surface area contributed by atoms with Crippen LogP contribution in [0.4, 0.5) is 4.39 Å². The Labute approximate surface area is 150 Å². The molecule has 1 aliphatic rings. The topological polar surface area (TPSA) is 77.9 Å². The fourth-order valence-corrected chi connectivity index (χ4v) is 3.04. The van der Waals surface area contributed by atoms with E-state index in [1.807, 2.05) is 0 Å². The zero-order chi connectivity index (χ0) is 18.6. The van der Waals surface area contributed by atoms with E-state index in [1.165, 1.54) is 12.1 Å². The van der Waals surface area contributed by atoms with Crippen LogP contribution in [0.25, 0.3) is 0 Å². The summed E-state index contributed by atoms with van der Waals surface area (Å²) in [6.07, 6.45) is 0.122. The Morgan fingerprint density at radius 1 is 1.16 bits per heavy atom. The molecule has 1 aromatic rings. The molecule has 1 atom stereocenters. The molecule has 2 amide bonds. The summed E-state index contributed by atoms with van der Waals surface area (Å²) in [5.41, 5.74) is 0.234. The van der Waals surface area contributed by atoms with Gasteiger partial charge in [-0.1, -0.05) is 18.5 Å². The van der Waals surface area contributed by atoms with Crippen molar-refractivity contribution >= 4 is 29.4 Å². The lowest BCUT2D eigenvalue weighted by Crippen LogP contribution is -2.50. The van der Waals surface area contributed by atoms with Gasteiger partial charge in [0.2, 0.25) is 5.91 Å². The number of rotatable bonds is 5. The molecule has 1 aromatic carbocycles. The zero-order valence-electron chi connectivity index (χ0n) is 13.9. The molecule has 1 fully saturated rings. The Kier molecular flexibility index (Phi) is 6.36. The van der Waals surface area contributed by atoms with Gasteiger partial charge in [0.1, 0.15) is 5.82 Å². The van der Waals surface area contributed by atoms with Crippen LogP contribution in [0.2, 0.25) is 5.02 Å². The van der Waals surface area contributed by atoms with Gasteiger partial charge in [0.15, 0.2) is 0 Å². The first-order valence-corrected chi connectivity index (χ1v) is 8.39.